The Kier molecular flexibility index (Phi) is 6.41. The Hall–Kier alpha value is -3.39. The number of para-hydroxylation sites is 2. The van der Waals surface area contributed by atoms with Crippen molar-refractivity contribution in [1.82, 2.24) is 19.9 Å². The molecule has 0 fully saturated rings. The van der Waals surface area contributed by atoms with E-state index in [1.165, 1.54) is 11.3 Å². The topological polar surface area (TPSA) is 78.3 Å². The van der Waals surface area contributed by atoms with Crippen LogP contribution >= 0.6 is 11.3 Å². The molecular weight excluding hydrogens is 424 g/mol. The van der Waals surface area contributed by atoms with E-state index < -0.39 is 0 Å². The third kappa shape index (κ3) is 4.31. The highest BCUT2D eigenvalue weighted by Gasteiger charge is 2.18. The number of benzene rings is 2. The number of aromatic nitrogens is 3. The van der Waals surface area contributed by atoms with Gasteiger partial charge in [-0.2, -0.15) is 0 Å². The Morgan fingerprint density at radius 2 is 1.91 bits per heavy atom. The smallest absolute Gasteiger partial charge is 0.226 e. The van der Waals surface area contributed by atoms with Gasteiger partial charge in [0.05, 0.1) is 43.4 Å². The molecule has 0 spiro atoms. The standard InChI is InChI=1S/C24H26N4O3S/c1-5-28-19-9-7-6-8-18(19)27-23(28)15(2)25-22(29)13-17-14-32-24(26-17)16-10-11-20(30-3)21(12-16)31-4/h6-12,14-15H,5,13H2,1-4H3,(H,25,29). The van der Waals surface area contributed by atoms with Crippen LogP contribution < -0.4 is 14.8 Å². The Morgan fingerprint density at radius 1 is 1.12 bits per heavy atom. The summed E-state index contributed by atoms with van der Waals surface area (Å²) in [5.74, 6) is 2.08. The maximum Gasteiger partial charge on any atom is 0.226 e. The molecule has 0 bridgehead atoms. The number of thiazole rings is 1. The minimum absolute atomic E-state index is 0.0867. The van der Waals surface area contributed by atoms with Crippen molar-refractivity contribution in [3.8, 4) is 22.1 Å². The molecule has 1 atom stereocenters. The molecular formula is C24H26N4O3S. The number of hydrogen-bond acceptors (Lipinski definition) is 6. The first-order valence-electron chi connectivity index (χ1n) is 10.4. The molecule has 4 aromatic rings. The molecule has 0 aliphatic heterocycles. The number of methoxy groups -OCH3 is 2. The molecule has 1 N–H and O–H groups in total. The maximum atomic E-state index is 12.7. The predicted molar refractivity (Wildman–Crippen MR) is 126 cm³/mol. The van der Waals surface area contributed by atoms with E-state index >= 15 is 0 Å². The number of nitrogens with one attached hydrogen (secondary N) is 1. The molecule has 2 aromatic carbocycles. The molecule has 4 rings (SSSR count). The quantitative estimate of drug-likeness (QED) is 0.424. The lowest BCUT2D eigenvalue weighted by atomic mass is 10.2. The van der Waals surface area contributed by atoms with Gasteiger partial charge in [0.25, 0.3) is 0 Å². The summed E-state index contributed by atoms with van der Waals surface area (Å²) < 4.78 is 12.8. The fourth-order valence-corrected chi connectivity index (χ4v) is 4.59. The number of ether oxygens (including phenoxy) is 2. The molecule has 0 radical (unpaired) electrons. The van der Waals surface area contributed by atoms with Crippen molar-refractivity contribution in [3.63, 3.8) is 0 Å². The summed E-state index contributed by atoms with van der Waals surface area (Å²) in [6.45, 7) is 4.83. The molecule has 166 valence electrons. The number of hydrogen-bond donors (Lipinski definition) is 1. The number of fused-ring (bicyclic) bond motifs is 1. The van der Waals surface area contributed by atoms with E-state index in [2.05, 4.69) is 27.9 Å². The number of nitrogens with zero attached hydrogens (tertiary/aromatic N) is 3. The Bertz CT molecular complexity index is 1250. The lowest BCUT2D eigenvalue weighted by molar-refractivity contribution is -0.121. The van der Waals surface area contributed by atoms with E-state index in [0.717, 1.165) is 39.7 Å². The van der Waals surface area contributed by atoms with Gasteiger partial charge in [-0.05, 0) is 44.2 Å². The van der Waals surface area contributed by atoms with Gasteiger partial charge in [0.15, 0.2) is 11.5 Å². The summed E-state index contributed by atoms with van der Waals surface area (Å²) in [6, 6.07) is 13.5. The van der Waals surface area contributed by atoms with Crippen molar-refractivity contribution in [1.29, 1.82) is 0 Å². The van der Waals surface area contributed by atoms with Crippen LogP contribution in [0, 0.1) is 0 Å². The summed E-state index contributed by atoms with van der Waals surface area (Å²) in [5.41, 5.74) is 3.66. The summed E-state index contributed by atoms with van der Waals surface area (Å²) in [7, 11) is 3.21. The van der Waals surface area contributed by atoms with Crippen molar-refractivity contribution < 1.29 is 14.3 Å². The van der Waals surface area contributed by atoms with E-state index in [0.29, 0.717) is 11.5 Å². The normalized spacial score (nSPS) is 12.0. The minimum Gasteiger partial charge on any atom is -0.493 e. The third-order valence-electron chi connectivity index (χ3n) is 5.29. The summed E-state index contributed by atoms with van der Waals surface area (Å²) in [4.78, 5) is 22.1. The highest BCUT2D eigenvalue weighted by atomic mass is 32.1. The first-order chi connectivity index (χ1) is 15.5. The summed E-state index contributed by atoms with van der Waals surface area (Å²) in [5, 5.41) is 5.81. The van der Waals surface area contributed by atoms with Crippen LogP contribution in [0.5, 0.6) is 11.5 Å². The first kappa shape index (κ1) is 21.8. The highest BCUT2D eigenvalue weighted by Crippen LogP contribution is 2.33. The minimum atomic E-state index is -0.209. The second-order valence-electron chi connectivity index (χ2n) is 7.38. The molecule has 2 aromatic heterocycles. The fourth-order valence-electron chi connectivity index (χ4n) is 3.77. The molecule has 0 saturated heterocycles. The predicted octanol–water partition coefficient (Wildman–Crippen LogP) is 4.62. The maximum absolute atomic E-state index is 12.7. The Labute approximate surface area is 191 Å². The first-order valence-corrected chi connectivity index (χ1v) is 11.3. The molecule has 0 aliphatic rings. The van der Waals surface area contributed by atoms with Crippen LogP contribution in [0.15, 0.2) is 47.8 Å². The number of rotatable bonds is 8. The van der Waals surface area contributed by atoms with Gasteiger partial charge in [-0.25, -0.2) is 9.97 Å². The number of aryl methyl sites for hydroxylation is 1. The molecule has 1 unspecified atom stereocenters. The van der Waals surface area contributed by atoms with Gasteiger partial charge in [-0.1, -0.05) is 12.1 Å². The number of amides is 1. The summed E-state index contributed by atoms with van der Waals surface area (Å²) >= 11 is 1.50. The van der Waals surface area contributed by atoms with E-state index in [4.69, 9.17) is 14.5 Å². The zero-order valence-electron chi connectivity index (χ0n) is 18.6. The van der Waals surface area contributed by atoms with Crippen LogP contribution in [0.2, 0.25) is 0 Å². The van der Waals surface area contributed by atoms with Crippen molar-refractivity contribution in [2.45, 2.75) is 32.9 Å². The van der Waals surface area contributed by atoms with Crippen LogP contribution in [0.1, 0.15) is 31.4 Å². The monoisotopic (exact) mass is 450 g/mol. The van der Waals surface area contributed by atoms with Crippen molar-refractivity contribution in [2.75, 3.05) is 14.2 Å². The average Bonchev–Trinajstić information content (AvgIpc) is 3.42. The van der Waals surface area contributed by atoms with Crippen LogP contribution in [0.3, 0.4) is 0 Å². The van der Waals surface area contributed by atoms with Crippen LogP contribution in [0.4, 0.5) is 0 Å². The lowest BCUT2D eigenvalue weighted by Crippen LogP contribution is -2.30. The van der Waals surface area contributed by atoms with Crippen LogP contribution in [0.25, 0.3) is 21.6 Å². The second kappa shape index (κ2) is 9.40. The van der Waals surface area contributed by atoms with Gasteiger partial charge in [0, 0.05) is 17.5 Å². The molecule has 8 heteroatoms. The fraction of sp³-hybridized carbons (Fsp3) is 0.292. The Morgan fingerprint density at radius 3 is 2.66 bits per heavy atom. The van der Waals surface area contributed by atoms with E-state index in [9.17, 15) is 4.79 Å². The SMILES string of the molecule is CCn1c(C(C)NC(=O)Cc2csc(-c3ccc(OC)c(OC)c3)n2)nc2ccccc21. The van der Waals surface area contributed by atoms with E-state index in [1.54, 1.807) is 14.2 Å². The van der Waals surface area contributed by atoms with Gasteiger partial charge in [0.2, 0.25) is 5.91 Å². The van der Waals surface area contributed by atoms with Crippen LogP contribution in [-0.4, -0.2) is 34.7 Å². The largest absolute Gasteiger partial charge is 0.493 e. The summed E-state index contributed by atoms with van der Waals surface area (Å²) in [6.07, 6.45) is 0.209. The molecule has 7 nitrogen and oxygen atoms in total. The molecule has 1 amide bonds. The van der Waals surface area contributed by atoms with Crippen LogP contribution in [-0.2, 0) is 17.8 Å². The number of imidazole rings is 1. The van der Waals surface area contributed by atoms with Gasteiger partial charge >= 0.3 is 0 Å². The van der Waals surface area contributed by atoms with E-state index in [1.807, 2.05) is 48.7 Å². The zero-order valence-corrected chi connectivity index (χ0v) is 19.4. The van der Waals surface area contributed by atoms with Gasteiger partial charge < -0.3 is 19.4 Å². The Balaban J connectivity index is 1.46. The number of carbonyl (C=O) groups excluding carboxylic acids is 1. The lowest BCUT2D eigenvalue weighted by Gasteiger charge is -2.15. The zero-order chi connectivity index (χ0) is 22.7. The second-order valence-corrected chi connectivity index (χ2v) is 8.24. The van der Waals surface area contributed by atoms with Crippen molar-refractivity contribution in [2.24, 2.45) is 0 Å². The van der Waals surface area contributed by atoms with Crippen molar-refractivity contribution >= 4 is 28.3 Å². The average molecular weight is 451 g/mol. The van der Waals surface area contributed by atoms with Gasteiger partial charge in [-0.15, -0.1) is 11.3 Å². The number of carbonyl (C=O) groups is 1. The van der Waals surface area contributed by atoms with Gasteiger partial charge in [0.1, 0.15) is 10.8 Å². The van der Waals surface area contributed by atoms with Crippen molar-refractivity contribution in [3.05, 3.63) is 59.4 Å². The highest BCUT2D eigenvalue weighted by molar-refractivity contribution is 7.13. The van der Waals surface area contributed by atoms with Gasteiger partial charge in [-0.3, -0.25) is 4.79 Å². The molecule has 32 heavy (non-hydrogen) atoms. The van der Waals surface area contributed by atoms with E-state index in [-0.39, 0.29) is 18.4 Å². The molecule has 0 aliphatic carbocycles. The molecule has 2 heterocycles. The molecule has 0 saturated carbocycles. The third-order valence-corrected chi connectivity index (χ3v) is 6.23.